The standard InChI is InChI=1S/C13H23NO4/c1-4-10-5-6-11(15)14(8-7-10)9-13(2,17)12(16)18-3/h10,17H,4-9H2,1-3H3. The first-order valence-electron chi connectivity index (χ1n) is 6.49. The Morgan fingerprint density at radius 3 is 2.78 bits per heavy atom. The number of carbonyl (C=O) groups excluding carboxylic acids is 2. The average molecular weight is 257 g/mol. The number of carbonyl (C=O) groups is 2. The Bertz CT molecular complexity index is 314. The van der Waals surface area contributed by atoms with Crippen molar-refractivity contribution in [3.8, 4) is 0 Å². The van der Waals surface area contributed by atoms with Crippen LogP contribution < -0.4 is 0 Å². The van der Waals surface area contributed by atoms with Gasteiger partial charge >= 0.3 is 5.97 Å². The second-order valence-corrected chi connectivity index (χ2v) is 5.18. The van der Waals surface area contributed by atoms with E-state index in [2.05, 4.69) is 11.7 Å². The molecule has 0 spiro atoms. The van der Waals surface area contributed by atoms with E-state index in [1.807, 2.05) is 0 Å². The number of esters is 1. The van der Waals surface area contributed by atoms with E-state index in [4.69, 9.17) is 0 Å². The van der Waals surface area contributed by atoms with Crippen molar-refractivity contribution in [2.24, 2.45) is 5.92 Å². The summed E-state index contributed by atoms with van der Waals surface area (Å²) in [5.74, 6) is -0.135. The number of nitrogens with zero attached hydrogens (tertiary/aromatic N) is 1. The first-order valence-corrected chi connectivity index (χ1v) is 6.49. The minimum atomic E-state index is -1.63. The molecule has 0 saturated carbocycles. The topological polar surface area (TPSA) is 66.8 Å². The Hall–Kier alpha value is -1.10. The summed E-state index contributed by atoms with van der Waals surface area (Å²) < 4.78 is 4.54. The van der Waals surface area contributed by atoms with Crippen LogP contribution in [0.25, 0.3) is 0 Å². The average Bonchev–Trinajstić information content (AvgIpc) is 2.51. The number of β-amino-alcohol motifs (C(OH)–C–C–N with tert-alkyl or cyclic N) is 1. The molecule has 1 heterocycles. The monoisotopic (exact) mass is 257 g/mol. The number of hydrogen-bond donors (Lipinski definition) is 1. The summed E-state index contributed by atoms with van der Waals surface area (Å²) >= 11 is 0. The predicted octanol–water partition coefficient (Wildman–Crippen LogP) is 0.949. The molecule has 1 amide bonds. The largest absolute Gasteiger partial charge is 0.467 e. The van der Waals surface area contributed by atoms with Gasteiger partial charge in [0.15, 0.2) is 5.60 Å². The van der Waals surface area contributed by atoms with Crippen LogP contribution in [0.5, 0.6) is 0 Å². The van der Waals surface area contributed by atoms with Crippen molar-refractivity contribution in [3.05, 3.63) is 0 Å². The second kappa shape index (κ2) is 6.18. The third kappa shape index (κ3) is 3.70. The van der Waals surface area contributed by atoms with Crippen molar-refractivity contribution >= 4 is 11.9 Å². The molecule has 0 aliphatic carbocycles. The molecule has 1 rings (SSSR count). The molecule has 0 aromatic carbocycles. The normalized spacial score (nSPS) is 24.3. The van der Waals surface area contributed by atoms with E-state index < -0.39 is 11.6 Å². The van der Waals surface area contributed by atoms with Gasteiger partial charge in [-0.05, 0) is 25.7 Å². The number of likely N-dealkylation sites (tertiary alicyclic amines) is 1. The van der Waals surface area contributed by atoms with Crippen LogP contribution >= 0.6 is 0 Å². The lowest BCUT2D eigenvalue weighted by Gasteiger charge is -2.29. The molecular weight excluding hydrogens is 234 g/mol. The lowest BCUT2D eigenvalue weighted by Crippen LogP contribution is -2.49. The summed E-state index contributed by atoms with van der Waals surface area (Å²) in [5.41, 5.74) is -1.63. The third-order valence-corrected chi connectivity index (χ3v) is 3.63. The van der Waals surface area contributed by atoms with Crippen LogP contribution in [0.15, 0.2) is 0 Å². The van der Waals surface area contributed by atoms with Crippen molar-refractivity contribution in [1.82, 2.24) is 4.90 Å². The van der Waals surface area contributed by atoms with Gasteiger partial charge in [0, 0.05) is 13.0 Å². The molecule has 2 atom stereocenters. The molecule has 5 heteroatoms. The van der Waals surface area contributed by atoms with E-state index in [0.717, 1.165) is 19.3 Å². The molecule has 0 aromatic heterocycles. The molecule has 104 valence electrons. The number of aliphatic hydroxyl groups is 1. The number of amides is 1. The zero-order chi connectivity index (χ0) is 13.8. The zero-order valence-corrected chi connectivity index (χ0v) is 11.4. The Labute approximate surface area is 108 Å². The van der Waals surface area contributed by atoms with Gasteiger partial charge in [0.25, 0.3) is 0 Å². The van der Waals surface area contributed by atoms with E-state index in [1.54, 1.807) is 4.90 Å². The minimum Gasteiger partial charge on any atom is -0.467 e. The summed E-state index contributed by atoms with van der Waals surface area (Å²) in [6.45, 7) is 4.11. The fourth-order valence-electron chi connectivity index (χ4n) is 2.32. The summed E-state index contributed by atoms with van der Waals surface area (Å²) in [6, 6.07) is 0. The highest BCUT2D eigenvalue weighted by Crippen LogP contribution is 2.22. The highest BCUT2D eigenvalue weighted by molar-refractivity contribution is 5.81. The highest BCUT2D eigenvalue weighted by atomic mass is 16.5. The first kappa shape index (κ1) is 15.0. The third-order valence-electron chi connectivity index (χ3n) is 3.63. The minimum absolute atomic E-state index is 0.00887. The lowest BCUT2D eigenvalue weighted by atomic mass is 9.98. The van der Waals surface area contributed by atoms with Crippen LogP contribution in [0.1, 0.15) is 39.5 Å². The SMILES string of the molecule is CCC1CCC(=O)N(CC(C)(O)C(=O)OC)CC1. The van der Waals surface area contributed by atoms with Gasteiger partial charge in [0.05, 0.1) is 13.7 Å². The van der Waals surface area contributed by atoms with E-state index in [0.29, 0.717) is 18.9 Å². The molecule has 1 aliphatic heterocycles. The van der Waals surface area contributed by atoms with Crippen LogP contribution in [0.3, 0.4) is 0 Å². The Kier molecular flexibility index (Phi) is 5.14. The van der Waals surface area contributed by atoms with Gasteiger partial charge in [-0.3, -0.25) is 4.79 Å². The maximum atomic E-state index is 11.9. The Balaban J connectivity index is 2.65. The molecule has 0 bridgehead atoms. The van der Waals surface area contributed by atoms with Gasteiger partial charge in [0.2, 0.25) is 5.91 Å². The van der Waals surface area contributed by atoms with Crippen molar-refractivity contribution in [1.29, 1.82) is 0 Å². The molecule has 0 radical (unpaired) electrons. The number of hydrogen-bond acceptors (Lipinski definition) is 4. The summed E-state index contributed by atoms with van der Waals surface area (Å²) in [5, 5.41) is 10.00. The van der Waals surface area contributed by atoms with Gasteiger partial charge in [-0.15, -0.1) is 0 Å². The second-order valence-electron chi connectivity index (χ2n) is 5.18. The van der Waals surface area contributed by atoms with Crippen LogP contribution in [0.4, 0.5) is 0 Å². The fourth-order valence-corrected chi connectivity index (χ4v) is 2.32. The molecule has 0 aromatic rings. The maximum absolute atomic E-state index is 11.9. The molecule has 1 saturated heterocycles. The summed E-state index contributed by atoms with van der Waals surface area (Å²) in [7, 11) is 1.23. The van der Waals surface area contributed by atoms with E-state index in [-0.39, 0.29) is 12.5 Å². The molecule has 1 aliphatic rings. The molecule has 5 nitrogen and oxygen atoms in total. The number of rotatable bonds is 4. The van der Waals surface area contributed by atoms with Crippen LogP contribution in [-0.4, -0.2) is 47.7 Å². The van der Waals surface area contributed by atoms with Gasteiger partial charge < -0.3 is 14.7 Å². The highest BCUT2D eigenvalue weighted by Gasteiger charge is 2.36. The smallest absolute Gasteiger partial charge is 0.339 e. The quantitative estimate of drug-likeness (QED) is 0.761. The van der Waals surface area contributed by atoms with E-state index in [9.17, 15) is 14.7 Å². The molecule has 2 unspecified atom stereocenters. The molecule has 18 heavy (non-hydrogen) atoms. The zero-order valence-electron chi connectivity index (χ0n) is 11.4. The predicted molar refractivity (Wildman–Crippen MR) is 66.9 cm³/mol. The lowest BCUT2D eigenvalue weighted by molar-refractivity contribution is -0.163. The molecule has 1 N–H and O–H groups in total. The van der Waals surface area contributed by atoms with Gasteiger partial charge in [-0.25, -0.2) is 4.79 Å². The van der Waals surface area contributed by atoms with Crippen molar-refractivity contribution in [2.75, 3.05) is 20.2 Å². The van der Waals surface area contributed by atoms with Crippen LogP contribution in [-0.2, 0) is 14.3 Å². The van der Waals surface area contributed by atoms with E-state index >= 15 is 0 Å². The fraction of sp³-hybridized carbons (Fsp3) is 0.846. The van der Waals surface area contributed by atoms with Gasteiger partial charge in [-0.1, -0.05) is 13.3 Å². The van der Waals surface area contributed by atoms with Gasteiger partial charge in [0.1, 0.15) is 0 Å². The number of ether oxygens (including phenoxy) is 1. The maximum Gasteiger partial charge on any atom is 0.339 e. The van der Waals surface area contributed by atoms with Crippen LogP contribution in [0, 0.1) is 5.92 Å². The Morgan fingerprint density at radius 2 is 2.22 bits per heavy atom. The van der Waals surface area contributed by atoms with Crippen LogP contribution in [0.2, 0.25) is 0 Å². The number of methoxy groups -OCH3 is 1. The van der Waals surface area contributed by atoms with E-state index in [1.165, 1.54) is 14.0 Å². The summed E-state index contributed by atoms with van der Waals surface area (Å²) in [6.07, 6.45) is 3.38. The molecule has 1 fully saturated rings. The first-order chi connectivity index (χ1) is 8.40. The van der Waals surface area contributed by atoms with Gasteiger partial charge in [-0.2, -0.15) is 0 Å². The Morgan fingerprint density at radius 1 is 1.56 bits per heavy atom. The molecular formula is C13H23NO4. The van der Waals surface area contributed by atoms with Crippen molar-refractivity contribution < 1.29 is 19.4 Å². The van der Waals surface area contributed by atoms with Crippen molar-refractivity contribution in [2.45, 2.75) is 45.1 Å². The van der Waals surface area contributed by atoms with Crippen molar-refractivity contribution in [3.63, 3.8) is 0 Å². The summed E-state index contributed by atoms with van der Waals surface area (Å²) in [4.78, 5) is 24.9.